The van der Waals surface area contributed by atoms with Crippen LogP contribution in [0.2, 0.25) is 12.6 Å². The molecule has 1 rings (SSSR count). The van der Waals surface area contributed by atoms with Gasteiger partial charge in [-0.3, -0.25) is 9.59 Å². The molecule has 7 heteroatoms. The lowest BCUT2D eigenvalue weighted by Crippen LogP contribution is -2.38. The maximum atomic E-state index is 12.0. The summed E-state index contributed by atoms with van der Waals surface area (Å²) in [5, 5.41) is 0. The van der Waals surface area contributed by atoms with Gasteiger partial charge in [0.1, 0.15) is 11.6 Å². The number of hydrogen-bond donors (Lipinski definition) is 1. The third-order valence-electron chi connectivity index (χ3n) is 3.52. The molecule has 0 atom stereocenters. The van der Waals surface area contributed by atoms with E-state index in [9.17, 15) is 9.59 Å². The number of nitrogens with zero attached hydrogens (tertiary/aromatic N) is 1. The van der Waals surface area contributed by atoms with E-state index >= 15 is 0 Å². The summed E-state index contributed by atoms with van der Waals surface area (Å²) >= 11 is 0. The van der Waals surface area contributed by atoms with Crippen LogP contribution in [0.4, 0.5) is 0 Å². The van der Waals surface area contributed by atoms with Crippen molar-refractivity contribution in [1.82, 2.24) is 9.97 Å². The molecule has 0 unspecified atom stereocenters. The largest absolute Gasteiger partial charge is 0.395 e. The highest BCUT2D eigenvalue weighted by atomic mass is 28.4. The minimum absolute atomic E-state index is 0.0925. The normalized spacial score (nSPS) is 11.7. The van der Waals surface area contributed by atoms with E-state index in [1.807, 2.05) is 13.8 Å². The van der Waals surface area contributed by atoms with Crippen LogP contribution >= 0.6 is 0 Å². The van der Waals surface area contributed by atoms with Crippen molar-refractivity contribution in [2.24, 2.45) is 0 Å². The SMILES string of the molecule is CCO[Si](C)(CCCCC(=O)Cc1nc(C)cc(=O)[nH]1)OCC. The van der Waals surface area contributed by atoms with Crippen LogP contribution in [0.15, 0.2) is 10.9 Å². The first-order valence-electron chi connectivity index (χ1n) is 8.25. The first-order valence-corrected chi connectivity index (χ1v) is 10.8. The molecular weight excluding hydrogens is 312 g/mol. The standard InChI is InChI=1S/C16H28N2O4Si/c1-5-21-23(4,22-6-2)10-8-7-9-14(19)12-15-17-13(3)11-16(20)18-15/h11H,5-10,12H2,1-4H3,(H,17,18,20). The van der Waals surface area contributed by atoms with Gasteiger partial charge in [-0.05, 0) is 39.8 Å². The molecule has 1 N–H and O–H groups in total. The minimum Gasteiger partial charge on any atom is -0.395 e. The molecule has 0 fully saturated rings. The molecule has 0 amide bonds. The average molecular weight is 340 g/mol. The van der Waals surface area contributed by atoms with E-state index in [0.717, 1.165) is 18.9 Å². The summed E-state index contributed by atoms with van der Waals surface area (Å²) in [5.41, 5.74) is 0.419. The number of carbonyl (C=O) groups is 1. The molecule has 23 heavy (non-hydrogen) atoms. The Balaban J connectivity index is 2.37. The minimum atomic E-state index is -2.08. The first kappa shape index (κ1) is 19.7. The van der Waals surface area contributed by atoms with Crippen molar-refractivity contribution in [3.63, 3.8) is 0 Å². The summed E-state index contributed by atoms with van der Waals surface area (Å²) in [4.78, 5) is 30.1. The van der Waals surface area contributed by atoms with Crippen molar-refractivity contribution in [3.8, 4) is 0 Å². The smallest absolute Gasteiger partial charge is 0.334 e. The van der Waals surface area contributed by atoms with Gasteiger partial charge in [0.05, 0.1) is 6.42 Å². The van der Waals surface area contributed by atoms with Crippen molar-refractivity contribution in [2.75, 3.05) is 13.2 Å². The second-order valence-electron chi connectivity index (χ2n) is 5.76. The van der Waals surface area contributed by atoms with Crippen LogP contribution in [0, 0.1) is 6.92 Å². The van der Waals surface area contributed by atoms with Crippen molar-refractivity contribution in [1.29, 1.82) is 0 Å². The van der Waals surface area contributed by atoms with Gasteiger partial charge in [0.25, 0.3) is 5.56 Å². The molecule has 0 saturated carbocycles. The maximum Gasteiger partial charge on any atom is 0.334 e. The van der Waals surface area contributed by atoms with E-state index in [-0.39, 0.29) is 17.8 Å². The molecule has 130 valence electrons. The topological polar surface area (TPSA) is 81.3 Å². The molecule has 0 aliphatic rings. The summed E-state index contributed by atoms with van der Waals surface area (Å²) in [6, 6.07) is 2.31. The van der Waals surface area contributed by atoms with E-state index < -0.39 is 8.56 Å². The second-order valence-corrected chi connectivity index (χ2v) is 9.10. The highest BCUT2D eigenvalue weighted by Gasteiger charge is 2.29. The predicted molar refractivity (Wildman–Crippen MR) is 91.8 cm³/mol. The Hall–Kier alpha value is -1.31. The molecule has 0 aliphatic carbocycles. The number of H-pyrrole nitrogens is 1. The second kappa shape index (κ2) is 9.74. The van der Waals surface area contributed by atoms with Crippen LogP contribution in [0.1, 0.15) is 44.6 Å². The predicted octanol–water partition coefficient (Wildman–Crippen LogP) is 2.51. The number of nitrogens with one attached hydrogen (secondary N) is 1. The molecule has 1 aromatic heterocycles. The molecule has 6 nitrogen and oxygen atoms in total. The number of ketones is 1. The van der Waals surface area contributed by atoms with Gasteiger partial charge >= 0.3 is 8.56 Å². The fourth-order valence-corrected chi connectivity index (χ4v) is 5.05. The molecule has 0 aliphatic heterocycles. The maximum absolute atomic E-state index is 12.0. The zero-order chi connectivity index (χ0) is 17.3. The monoisotopic (exact) mass is 340 g/mol. The summed E-state index contributed by atoms with van der Waals surface area (Å²) in [6.07, 6.45) is 2.38. The van der Waals surface area contributed by atoms with Crippen molar-refractivity contribution in [3.05, 3.63) is 27.9 Å². The number of hydrogen-bond acceptors (Lipinski definition) is 5. The summed E-state index contributed by atoms with van der Waals surface area (Å²) < 4.78 is 11.6. The molecule has 1 heterocycles. The van der Waals surface area contributed by atoms with Crippen LogP contribution in [0.25, 0.3) is 0 Å². The Morgan fingerprint density at radius 1 is 1.26 bits per heavy atom. The summed E-state index contributed by atoms with van der Waals surface area (Å²) in [5.74, 6) is 0.540. The van der Waals surface area contributed by atoms with E-state index in [0.29, 0.717) is 31.2 Å². The van der Waals surface area contributed by atoms with Crippen molar-refractivity contribution < 1.29 is 13.6 Å². The zero-order valence-electron chi connectivity index (χ0n) is 14.6. The number of aromatic amines is 1. The van der Waals surface area contributed by atoms with Gasteiger partial charge in [0, 0.05) is 31.4 Å². The number of aromatic nitrogens is 2. The zero-order valence-corrected chi connectivity index (χ0v) is 15.6. The Kier molecular flexibility index (Phi) is 8.36. The van der Waals surface area contributed by atoms with Gasteiger partial charge in [-0.25, -0.2) is 4.98 Å². The Morgan fingerprint density at radius 2 is 1.91 bits per heavy atom. The quantitative estimate of drug-likeness (QED) is 0.494. The van der Waals surface area contributed by atoms with Gasteiger partial charge in [0.2, 0.25) is 0 Å². The van der Waals surface area contributed by atoms with E-state index in [2.05, 4.69) is 16.5 Å². The molecule has 0 radical (unpaired) electrons. The Morgan fingerprint density at radius 3 is 2.48 bits per heavy atom. The number of unbranched alkanes of at least 4 members (excludes halogenated alkanes) is 1. The first-order chi connectivity index (χ1) is 10.9. The van der Waals surface area contributed by atoms with Crippen LogP contribution in [-0.4, -0.2) is 37.5 Å². The van der Waals surface area contributed by atoms with Gasteiger partial charge in [0.15, 0.2) is 0 Å². The van der Waals surface area contributed by atoms with Crippen molar-refractivity contribution in [2.45, 2.75) is 59.0 Å². The van der Waals surface area contributed by atoms with Crippen LogP contribution in [0.3, 0.4) is 0 Å². The van der Waals surface area contributed by atoms with E-state index in [1.165, 1.54) is 6.07 Å². The molecule has 1 aromatic rings. The fourth-order valence-electron chi connectivity index (χ4n) is 2.56. The number of carbonyl (C=O) groups excluding carboxylic acids is 1. The molecule has 0 bridgehead atoms. The lowest BCUT2D eigenvalue weighted by molar-refractivity contribution is -0.118. The number of rotatable bonds is 11. The van der Waals surface area contributed by atoms with Gasteiger partial charge in [-0.2, -0.15) is 0 Å². The number of Topliss-reactive ketones (excluding diaryl/α,β-unsaturated/α-hetero) is 1. The molecule has 0 saturated heterocycles. The molecule has 0 aromatic carbocycles. The van der Waals surface area contributed by atoms with Crippen LogP contribution < -0.4 is 5.56 Å². The van der Waals surface area contributed by atoms with Crippen LogP contribution in [0.5, 0.6) is 0 Å². The fraction of sp³-hybridized carbons (Fsp3) is 0.688. The third kappa shape index (κ3) is 7.67. The number of aryl methyl sites for hydroxylation is 1. The highest BCUT2D eigenvalue weighted by Crippen LogP contribution is 2.18. The summed E-state index contributed by atoms with van der Waals surface area (Å²) in [6.45, 7) is 9.09. The van der Waals surface area contributed by atoms with Crippen LogP contribution in [-0.2, 0) is 20.1 Å². The Labute approximate surface area is 138 Å². The average Bonchev–Trinajstić information content (AvgIpc) is 2.43. The van der Waals surface area contributed by atoms with Gasteiger partial charge in [-0.1, -0.05) is 6.42 Å². The van der Waals surface area contributed by atoms with Crippen molar-refractivity contribution >= 4 is 14.3 Å². The molecule has 0 spiro atoms. The van der Waals surface area contributed by atoms with E-state index in [4.69, 9.17) is 8.85 Å². The lowest BCUT2D eigenvalue weighted by atomic mass is 10.1. The highest BCUT2D eigenvalue weighted by molar-refractivity contribution is 6.66. The third-order valence-corrected chi connectivity index (χ3v) is 6.58. The lowest BCUT2D eigenvalue weighted by Gasteiger charge is -2.25. The van der Waals surface area contributed by atoms with Gasteiger partial charge in [-0.15, -0.1) is 0 Å². The van der Waals surface area contributed by atoms with Gasteiger partial charge < -0.3 is 13.8 Å². The summed E-state index contributed by atoms with van der Waals surface area (Å²) in [7, 11) is -2.08. The molecular formula is C16H28N2O4Si. The Bertz CT molecular complexity index is 553. The van der Waals surface area contributed by atoms with E-state index in [1.54, 1.807) is 6.92 Å².